The van der Waals surface area contributed by atoms with E-state index >= 15 is 0 Å². The first-order valence-electron chi connectivity index (χ1n) is 9.79. The maximum absolute atomic E-state index is 13.1. The molecule has 0 unspecified atom stereocenters. The monoisotopic (exact) mass is 422 g/mol. The van der Waals surface area contributed by atoms with Gasteiger partial charge in [0.05, 0.1) is 18.3 Å². The lowest BCUT2D eigenvalue weighted by molar-refractivity contribution is -0.115. The average Bonchev–Trinajstić information content (AvgIpc) is 3.12. The summed E-state index contributed by atoms with van der Waals surface area (Å²) in [5.74, 6) is -0.421. The summed E-state index contributed by atoms with van der Waals surface area (Å²) in [5, 5.41) is 2.74. The smallest absolute Gasteiger partial charge is 0.324 e. The Morgan fingerprint density at radius 2 is 1.55 bits per heavy atom. The van der Waals surface area contributed by atoms with Crippen LogP contribution in [0.3, 0.4) is 0 Å². The number of hydrogen-bond donors (Lipinski definition) is 1. The van der Waals surface area contributed by atoms with E-state index in [1.165, 1.54) is 30.5 Å². The van der Waals surface area contributed by atoms with Crippen LogP contribution in [-0.4, -0.2) is 34.9 Å². The van der Waals surface area contributed by atoms with E-state index in [1.807, 2.05) is 0 Å². The fourth-order valence-corrected chi connectivity index (χ4v) is 3.36. The molecule has 158 valence electrons. The van der Waals surface area contributed by atoms with Crippen molar-refractivity contribution in [3.05, 3.63) is 89.6 Å². The van der Waals surface area contributed by atoms with Gasteiger partial charge in [0, 0.05) is 19.6 Å². The molecular formula is C23H20F2N4O2. The van der Waals surface area contributed by atoms with Crippen LogP contribution in [0.5, 0.6) is 0 Å². The van der Waals surface area contributed by atoms with Crippen LogP contribution < -0.4 is 10.2 Å². The third kappa shape index (κ3) is 5.03. The van der Waals surface area contributed by atoms with Crippen LogP contribution in [0, 0.1) is 11.6 Å². The maximum Gasteiger partial charge on any atom is 0.326 e. The number of nitrogens with one attached hydrogen (secondary N) is 1. The number of hydrogen-bond acceptors (Lipinski definition) is 3. The number of benzene rings is 2. The number of carbonyl (C=O) groups is 2. The summed E-state index contributed by atoms with van der Waals surface area (Å²) in [7, 11) is 0. The first kappa shape index (κ1) is 20.5. The molecule has 0 saturated carbocycles. The zero-order valence-electron chi connectivity index (χ0n) is 16.6. The number of aromatic nitrogens is 1. The van der Waals surface area contributed by atoms with Crippen LogP contribution in [0.2, 0.25) is 0 Å². The predicted molar refractivity (Wildman–Crippen MR) is 113 cm³/mol. The quantitative estimate of drug-likeness (QED) is 0.654. The Kier molecular flexibility index (Phi) is 5.88. The predicted octanol–water partition coefficient (Wildman–Crippen LogP) is 3.98. The molecule has 6 nitrogen and oxygen atoms in total. The minimum absolute atomic E-state index is 0.116. The van der Waals surface area contributed by atoms with Gasteiger partial charge < -0.3 is 10.2 Å². The van der Waals surface area contributed by atoms with Crippen LogP contribution in [0.25, 0.3) is 0 Å². The maximum atomic E-state index is 13.1. The SMILES string of the molecule is O=C(Cc1ccc(F)cc1)Nc1ccc(N2CCN(Cc3ccc(F)cc3)C2=O)nc1. The molecule has 31 heavy (non-hydrogen) atoms. The lowest BCUT2D eigenvalue weighted by atomic mass is 10.1. The third-order valence-electron chi connectivity index (χ3n) is 4.97. The average molecular weight is 422 g/mol. The Morgan fingerprint density at radius 1 is 0.903 bits per heavy atom. The topological polar surface area (TPSA) is 65.5 Å². The van der Waals surface area contributed by atoms with Gasteiger partial charge in [0.25, 0.3) is 0 Å². The Hall–Kier alpha value is -3.81. The normalized spacial score (nSPS) is 13.5. The number of amides is 3. The molecule has 1 aliphatic heterocycles. The van der Waals surface area contributed by atoms with Crippen molar-refractivity contribution in [2.75, 3.05) is 23.3 Å². The van der Waals surface area contributed by atoms with E-state index in [1.54, 1.807) is 46.2 Å². The van der Waals surface area contributed by atoms with E-state index < -0.39 is 0 Å². The van der Waals surface area contributed by atoms with Gasteiger partial charge in [0.1, 0.15) is 17.5 Å². The van der Waals surface area contributed by atoms with E-state index in [9.17, 15) is 18.4 Å². The molecule has 1 saturated heterocycles. The van der Waals surface area contributed by atoms with Gasteiger partial charge in [0.2, 0.25) is 5.91 Å². The second kappa shape index (κ2) is 8.91. The van der Waals surface area contributed by atoms with Gasteiger partial charge in [0.15, 0.2) is 0 Å². The van der Waals surface area contributed by atoms with E-state index in [0.717, 1.165) is 5.56 Å². The molecule has 1 aromatic heterocycles. The van der Waals surface area contributed by atoms with Crippen molar-refractivity contribution < 1.29 is 18.4 Å². The summed E-state index contributed by atoms with van der Waals surface area (Å²) in [4.78, 5) is 32.4. The summed E-state index contributed by atoms with van der Waals surface area (Å²) in [6.45, 7) is 1.42. The molecule has 1 fully saturated rings. The highest BCUT2D eigenvalue weighted by Gasteiger charge is 2.30. The molecule has 0 aliphatic carbocycles. The van der Waals surface area contributed by atoms with Crippen LogP contribution >= 0.6 is 0 Å². The molecule has 3 aromatic rings. The van der Waals surface area contributed by atoms with Crippen LogP contribution in [0.15, 0.2) is 66.9 Å². The molecule has 0 radical (unpaired) electrons. The molecule has 8 heteroatoms. The zero-order chi connectivity index (χ0) is 21.8. The van der Waals surface area contributed by atoms with Gasteiger partial charge in [-0.05, 0) is 47.5 Å². The lowest BCUT2D eigenvalue weighted by Gasteiger charge is -2.18. The lowest BCUT2D eigenvalue weighted by Crippen LogP contribution is -2.31. The number of rotatable bonds is 6. The van der Waals surface area contributed by atoms with E-state index in [0.29, 0.717) is 36.7 Å². The molecule has 1 aliphatic rings. The minimum Gasteiger partial charge on any atom is -0.324 e. The number of urea groups is 1. The number of pyridine rings is 1. The summed E-state index contributed by atoms with van der Waals surface area (Å²) in [6.07, 6.45) is 1.61. The van der Waals surface area contributed by atoms with Gasteiger partial charge in [-0.1, -0.05) is 24.3 Å². The van der Waals surface area contributed by atoms with Crippen molar-refractivity contribution in [1.29, 1.82) is 0 Å². The molecule has 2 heterocycles. The second-order valence-electron chi connectivity index (χ2n) is 7.24. The number of nitrogens with zero attached hydrogens (tertiary/aromatic N) is 3. The van der Waals surface area contributed by atoms with Gasteiger partial charge >= 0.3 is 6.03 Å². The number of carbonyl (C=O) groups excluding carboxylic acids is 2. The van der Waals surface area contributed by atoms with E-state index in [-0.39, 0.29) is 30.0 Å². The van der Waals surface area contributed by atoms with E-state index in [2.05, 4.69) is 10.3 Å². The van der Waals surface area contributed by atoms with Crippen molar-refractivity contribution in [2.24, 2.45) is 0 Å². The standard InChI is InChI=1S/C23H20F2N4O2/c24-18-5-1-16(2-6-18)13-22(30)27-20-9-10-21(26-14-20)29-12-11-28(23(29)31)15-17-3-7-19(25)8-4-17/h1-10,14H,11-13,15H2,(H,27,30). The molecule has 0 bridgehead atoms. The Morgan fingerprint density at radius 3 is 2.16 bits per heavy atom. The first-order valence-corrected chi connectivity index (χ1v) is 9.79. The van der Waals surface area contributed by atoms with Crippen molar-refractivity contribution >= 4 is 23.4 Å². The van der Waals surface area contributed by atoms with Crippen molar-refractivity contribution in [2.45, 2.75) is 13.0 Å². The number of anilines is 2. The minimum atomic E-state index is -0.350. The van der Waals surface area contributed by atoms with Gasteiger partial charge in [-0.3, -0.25) is 9.69 Å². The van der Waals surface area contributed by atoms with Gasteiger partial charge in [-0.2, -0.15) is 0 Å². The Bertz CT molecular complexity index is 1070. The third-order valence-corrected chi connectivity index (χ3v) is 4.97. The zero-order valence-corrected chi connectivity index (χ0v) is 16.6. The molecule has 0 spiro atoms. The van der Waals surface area contributed by atoms with E-state index in [4.69, 9.17) is 0 Å². The second-order valence-corrected chi connectivity index (χ2v) is 7.24. The highest BCUT2D eigenvalue weighted by atomic mass is 19.1. The first-order chi connectivity index (χ1) is 15.0. The molecule has 1 N–H and O–H groups in total. The number of halogens is 2. The summed E-state index contributed by atoms with van der Waals surface area (Å²) < 4.78 is 26.0. The Labute approximate surface area is 178 Å². The summed E-state index contributed by atoms with van der Waals surface area (Å²) >= 11 is 0. The molecule has 2 aromatic carbocycles. The summed E-state index contributed by atoms with van der Waals surface area (Å²) in [5.41, 5.74) is 2.06. The van der Waals surface area contributed by atoms with Crippen molar-refractivity contribution in [3.8, 4) is 0 Å². The highest BCUT2D eigenvalue weighted by Crippen LogP contribution is 2.21. The fourth-order valence-electron chi connectivity index (χ4n) is 3.36. The Balaban J connectivity index is 1.34. The molecule has 4 rings (SSSR count). The fraction of sp³-hybridized carbons (Fsp3) is 0.174. The molecule has 3 amide bonds. The van der Waals surface area contributed by atoms with Crippen molar-refractivity contribution in [1.82, 2.24) is 9.88 Å². The van der Waals surface area contributed by atoms with Gasteiger partial charge in [-0.15, -0.1) is 0 Å². The van der Waals surface area contributed by atoms with Crippen LogP contribution in [-0.2, 0) is 17.8 Å². The van der Waals surface area contributed by atoms with Crippen LogP contribution in [0.1, 0.15) is 11.1 Å². The molecule has 0 atom stereocenters. The van der Waals surface area contributed by atoms with Crippen molar-refractivity contribution in [3.63, 3.8) is 0 Å². The van der Waals surface area contributed by atoms with Crippen LogP contribution in [0.4, 0.5) is 25.1 Å². The van der Waals surface area contributed by atoms with Gasteiger partial charge in [-0.25, -0.2) is 18.6 Å². The molecular weight excluding hydrogens is 402 g/mol. The largest absolute Gasteiger partial charge is 0.326 e. The summed E-state index contributed by atoms with van der Waals surface area (Å²) in [6, 6.07) is 15.0. The highest BCUT2D eigenvalue weighted by molar-refractivity contribution is 5.94.